The van der Waals surface area contributed by atoms with E-state index in [1.54, 1.807) is 6.92 Å². The fraction of sp³-hybridized carbons (Fsp3) is 1.00. The zero-order valence-electron chi connectivity index (χ0n) is 9.36. The van der Waals surface area contributed by atoms with Gasteiger partial charge in [0.05, 0.1) is 18.8 Å². The van der Waals surface area contributed by atoms with Gasteiger partial charge in [-0.2, -0.15) is 0 Å². The van der Waals surface area contributed by atoms with Crippen LogP contribution in [0.2, 0.25) is 0 Å². The van der Waals surface area contributed by atoms with Crippen molar-refractivity contribution in [2.45, 2.75) is 45.8 Å². The second kappa shape index (κ2) is 4.60. The Kier molecular flexibility index (Phi) is 3.93. The monoisotopic (exact) mass is 202 g/mol. The summed E-state index contributed by atoms with van der Waals surface area (Å²) in [6.45, 7) is 6.81. The van der Waals surface area contributed by atoms with E-state index >= 15 is 0 Å². The summed E-state index contributed by atoms with van der Waals surface area (Å²) in [6, 6.07) is 0. The van der Waals surface area contributed by atoms with Crippen molar-refractivity contribution in [1.82, 2.24) is 0 Å². The van der Waals surface area contributed by atoms with Crippen molar-refractivity contribution in [3.63, 3.8) is 0 Å². The molecule has 2 N–H and O–H groups in total. The van der Waals surface area contributed by atoms with E-state index in [0.29, 0.717) is 12.3 Å². The zero-order valence-corrected chi connectivity index (χ0v) is 9.36. The largest absolute Gasteiger partial charge is 0.394 e. The predicted octanol–water partition coefficient (Wildman–Crippen LogP) is 1.18. The lowest BCUT2D eigenvalue weighted by Crippen LogP contribution is -2.45. The number of hydrogen-bond donors (Lipinski definition) is 2. The first-order chi connectivity index (χ1) is 6.48. The molecule has 1 aliphatic heterocycles. The smallest absolute Gasteiger partial charge is 0.0860 e. The van der Waals surface area contributed by atoms with Gasteiger partial charge in [0.1, 0.15) is 0 Å². The second-order valence-corrected chi connectivity index (χ2v) is 5.02. The molecule has 0 bridgehead atoms. The minimum atomic E-state index is -0.331. The molecule has 84 valence electrons. The Bertz CT molecular complexity index is 177. The van der Waals surface area contributed by atoms with E-state index in [2.05, 4.69) is 13.8 Å². The molecular weight excluding hydrogens is 180 g/mol. The number of rotatable bonds is 3. The van der Waals surface area contributed by atoms with Crippen molar-refractivity contribution in [3.8, 4) is 0 Å². The zero-order chi connectivity index (χ0) is 10.8. The van der Waals surface area contributed by atoms with Crippen molar-refractivity contribution < 1.29 is 14.9 Å². The fourth-order valence-electron chi connectivity index (χ4n) is 2.63. The molecular formula is C11H22O3. The van der Waals surface area contributed by atoms with E-state index in [9.17, 15) is 10.2 Å². The molecule has 0 radical (unpaired) electrons. The molecule has 0 aliphatic carbocycles. The van der Waals surface area contributed by atoms with E-state index in [-0.39, 0.29) is 24.2 Å². The van der Waals surface area contributed by atoms with Crippen molar-refractivity contribution >= 4 is 0 Å². The van der Waals surface area contributed by atoms with Gasteiger partial charge in [0.15, 0.2) is 0 Å². The molecule has 1 fully saturated rings. The molecule has 14 heavy (non-hydrogen) atoms. The van der Waals surface area contributed by atoms with Crippen molar-refractivity contribution in [2.24, 2.45) is 11.3 Å². The molecule has 1 aliphatic rings. The Labute approximate surface area is 86.1 Å². The van der Waals surface area contributed by atoms with Crippen LogP contribution < -0.4 is 0 Å². The standard InChI is InChI=1S/C11H22O3/c1-8-4-11(3,5-9(2)13)10(6-12)14-7-8/h8-10,12-13H,4-7H2,1-3H3/t8?,9-,10?,11?/m0/s1. The van der Waals surface area contributed by atoms with Crippen LogP contribution in [0.4, 0.5) is 0 Å². The van der Waals surface area contributed by atoms with Gasteiger partial charge in [0.2, 0.25) is 0 Å². The first kappa shape index (κ1) is 12.0. The lowest BCUT2D eigenvalue weighted by Gasteiger charge is -2.43. The van der Waals surface area contributed by atoms with E-state index in [1.165, 1.54) is 0 Å². The third-order valence-corrected chi connectivity index (χ3v) is 3.10. The molecule has 0 saturated carbocycles. The van der Waals surface area contributed by atoms with Gasteiger partial charge >= 0.3 is 0 Å². The van der Waals surface area contributed by atoms with Crippen LogP contribution in [0, 0.1) is 11.3 Å². The molecule has 3 heteroatoms. The van der Waals surface area contributed by atoms with Gasteiger partial charge in [-0.15, -0.1) is 0 Å². The van der Waals surface area contributed by atoms with Crippen LogP contribution in [0.3, 0.4) is 0 Å². The summed E-state index contributed by atoms with van der Waals surface area (Å²) >= 11 is 0. The summed E-state index contributed by atoms with van der Waals surface area (Å²) in [6.07, 6.45) is 1.27. The van der Waals surface area contributed by atoms with Crippen molar-refractivity contribution in [3.05, 3.63) is 0 Å². The van der Waals surface area contributed by atoms with Crippen LogP contribution in [0.15, 0.2) is 0 Å². The van der Waals surface area contributed by atoms with Gasteiger partial charge in [-0.1, -0.05) is 13.8 Å². The van der Waals surface area contributed by atoms with E-state index in [1.807, 2.05) is 0 Å². The predicted molar refractivity (Wildman–Crippen MR) is 55.0 cm³/mol. The third-order valence-electron chi connectivity index (χ3n) is 3.10. The molecule has 0 aromatic carbocycles. The average Bonchev–Trinajstić information content (AvgIpc) is 2.01. The van der Waals surface area contributed by atoms with Crippen LogP contribution in [0.1, 0.15) is 33.6 Å². The lowest BCUT2D eigenvalue weighted by molar-refractivity contribution is -0.131. The first-order valence-corrected chi connectivity index (χ1v) is 5.38. The Morgan fingerprint density at radius 2 is 2.21 bits per heavy atom. The highest BCUT2D eigenvalue weighted by atomic mass is 16.5. The van der Waals surface area contributed by atoms with Crippen LogP contribution in [0.25, 0.3) is 0 Å². The highest BCUT2D eigenvalue weighted by molar-refractivity contribution is 4.89. The molecule has 0 amide bonds. The van der Waals surface area contributed by atoms with Crippen molar-refractivity contribution in [1.29, 1.82) is 0 Å². The number of hydrogen-bond acceptors (Lipinski definition) is 3. The Morgan fingerprint density at radius 3 is 2.71 bits per heavy atom. The van der Waals surface area contributed by atoms with Gasteiger partial charge in [-0.25, -0.2) is 0 Å². The van der Waals surface area contributed by atoms with E-state index < -0.39 is 0 Å². The highest BCUT2D eigenvalue weighted by Crippen LogP contribution is 2.40. The minimum Gasteiger partial charge on any atom is -0.394 e. The molecule has 0 aromatic rings. The van der Waals surface area contributed by atoms with Crippen LogP contribution in [0.5, 0.6) is 0 Å². The maximum absolute atomic E-state index is 9.43. The summed E-state index contributed by atoms with van der Waals surface area (Å²) < 4.78 is 5.59. The molecule has 1 rings (SSSR count). The van der Waals surface area contributed by atoms with Gasteiger partial charge < -0.3 is 14.9 Å². The highest BCUT2D eigenvalue weighted by Gasteiger charge is 2.40. The second-order valence-electron chi connectivity index (χ2n) is 5.02. The SMILES string of the molecule is CC1COC(CO)C(C)(C[C@H](C)O)C1. The fourth-order valence-corrected chi connectivity index (χ4v) is 2.63. The summed E-state index contributed by atoms with van der Waals surface area (Å²) in [5.74, 6) is 0.515. The Balaban J connectivity index is 2.67. The molecule has 1 heterocycles. The average molecular weight is 202 g/mol. The minimum absolute atomic E-state index is 0.0515. The van der Waals surface area contributed by atoms with E-state index in [4.69, 9.17) is 4.74 Å². The number of aliphatic hydroxyl groups is 2. The first-order valence-electron chi connectivity index (χ1n) is 5.38. The molecule has 4 atom stereocenters. The Morgan fingerprint density at radius 1 is 1.57 bits per heavy atom. The summed E-state index contributed by atoms with van der Waals surface area (Å²) in [7, 11) is 0. The van der Waals surface area contributed by atoms with E-state index in [0.717, 1.165) is 13.0 Å². The number of ether oxygens (including phenoxy) is 1. The topological polar surface area (TPSA) is 49.7 Å². The molecule has 3 nitrogen and oxygen atoms in total. The molecule has 3 unspecified atom stereocenters. The van der Waals surface area contributed by atoms with Crippen LogP contribution >= 0.6 is 0 Å². The molecule has 1 saturated heterocycles. The van der Waals surface area contributed by atoms with Crippen LogP contribution in [-0.2, 0) is 4.74 Å². The molecule has 0 spiro atoms. The number of aliphatic hydroxyl groups excluding tert-OH is 2. The van der Waals surface area contributed by atoms with Crippen LogP contribution in [-0.4, -0.2) is 35.6 Å². The van der Waals surface area contributed by atoms with Gasteiger partial charge in [0.25, 0.3) is 0 Å². The van der Waals surface area contributed by atoms with Gasteiger partial charge in [-0.3, -0.25) is 0 Å². The summed E-state index contributed by atoms with van der Waals surface area (Å²) in [5.41, 5.74) is -0.0828. The Hall–Kier alpha value is -0.120. The quantitative estimate of drug-likeness (QED) is 0.722. The van der Waals surface area contributed by atoms with Crippen molar-refractivity contribution in [2.75, 3.05) is 13.2 Å². The maximum atomic E-state index is 9.43. The van der Waals surface area contributed by atoms with Gasteiger partial charge in [-0.05, 0) is 31.1 Å². The lowest BCUT2D eigenvalue weighted by atomic mass is 9.71. The summed E-state index contributed by atoms with van der Waals surface area (Å²) in [5, 5.41) is 18.7. The van der Waals surface area contributed by atoms with Gasteiger partial charge in [0, 0.05) is 6.61 Å². The third kappa shape index (κ3) is 2.69. The molecule has 0 aromatic heterocycles. The summed E-state index contributed by atoms with van der Waals surface area (Å²) in [4.78, 5) is 0. The maximum Gasteiger partial charge on any atom is 0.0860 e. The normalized spacial score (nSPS) is 40.9.